The van der Waals surface area contributed by atoms with E-state index in [1.54, 1.807) is 0 Å². The third-order valence-electron chi connectivity index (χ3n) is 4.23. The number of hydroxylamine groups is 2. The van der Waals surface area contributed by atoms with E-state index in [0.29, 0.717) is 4.90 Å². The van der Waals surface area contributed by atoms with Gasteiger partial charge in [-0.05, 0) is 41.1 Å². The first-order valence-corrected chi connectivity index (χ1v) is 10.5. The minimum Gasteiger partial charge on any atom is -0.266 e. The van der Waals surface area contributed by atoms with Gasteiger partial charge < -0.3 is 0 Å². The largest absolute Gasteiger partial charge is 0.525 e. The van der Waals surface area contributed by atoms with Crippen LogP contribution >= 0.6 is 11.8 Å². The Balaban J connectivity index is 1.61. The standard InChI is InChI=1S/C19H10F3NO5S2/c20-19(21,22)30(26,27)28-23-17(24)15-8-7-14(10-16(15)18(23)25)29-13-6-5-11-3-1-2-4-12(11)9-13/h1-10H. The minimum atomic E-state index is -6.17. The van der Waals surface area contributed by atoms with E-state index in [1.807, 2.05) is 42.5 Å². The summed E-state index contributed by atoms with van der Waals surface area (Å²) in [5.41, 5.74) is -6.28. The second-order valence-electron chi connectivity index (χ2n) is 6.20. The molecule has 0 aliphatic carbocycles. The number of rotatable bonds is 4. The summed E-state index contributed by atoms with van der Waals surface area (Å²) in [6.45, 7) is 0. The first-order valence-electron chi connectivity index (χ1n) is 8.27. The van der Waals surface area contributed by atoms with Crippen molar-refractivity contribution in [1.29, 1.82) is 0 Å². The third-order valence-corrected chi connectivity index (χ3v) is 6.13. The van der Waals surface area contributed by atoms with Crippen LogP contribution in [0, 0.1) is 0 Å². The molecule has 30 heavy (non-hydrogen) atoms. The summed E-state index contributed by atoms with van der Waals surface area (Å²) in [6, 6.07) is 17.4. The first kappa shape index (κ1) is 20.4. The van der Waals surface area contributed by atoms with Gasteiger partial charge in [0.25, 0.3) is 11.8 Å². The quantitative estimate of drug-likeness (QED) is 0.431. The Morgan fingerprint density at radius 3 is 2.10 bits per heavy atom. The van der Waals surface area contributed by atoms with E-state index < -0.39 is 32.5 Å². The number of benzene rings is 3. The van der Waals surface area contributed by atoms with Crippen LogP contribution in [0.4, 0.5) is 13.2 Å². The Hall–Kier alpha value is -2.89. The van der Waals surface area contributed by atoms with Gasteiger partial charge in [-0.1, -0.05) is 42.1 Å². The average Bonchev–Trinajstić information content (AvgIpc) is 2.91. The van der Waals surface area contributed by atoms with E-state index >= 15 is 0 Å². The molecule has 0 saturated carbocycles. The fraction of sp³-hybridized carbons (Fsp3) is 0.0526. The van der Waals surface area contributed by atoms with Gasteiger partial charge in [0, 0.05) is 9.79 Å². The zero-order valence-corrected chi connectivity index (χ0v) is 16.3. The molecule has 0 radical (unpaired) electrons. The second kappa shape index (κ2) is 7.11. The van der Waals surface area contributed by atoms with E-state index in [9.17, 15) is 31.2 Å². The molecule has 0 aromatic heterocycles. The molecule has 0 fully saturated rings. The highest BCUT2D eigenvalue weighted by atomic mass is 32.2. The summed E-state index contributed by atoms with van der Waals surface area (Å²) in [4.78, 5) is 25.9. The van der Waals surface area contributed by atoms with Gasteiger partial charge in [-0.3, -0.25) is 9.59 Å². The fourth-order valence-electron chi connectivity index (χ4n) is 2.84. The zero-order chi connectivity index (χ0) is 21.7. The molecule has 0 bridgehead atoms. The van der Waals surface area contributed by atoms with Crippen LogP contribution in [-0.4, -0.2) is 30.8 Å². The Morgan fingerprint density at radius 1 is 0.800 bits per heavy atom. The summed E-state index contributed by atoms with van der Waals surface area (Å²) in [5.74, 6) is -2.58. The van der Waals surface area contributed by atoms with Crippen molar-refractivity contribution in [3.8, 4) is 0 Å². The maximum Gasteiger partial charge on any atom is 0.525 e. The van der Waals surface area contributed by atoms with Gasteiger partial charge in [0.1, 0.15) is 0 Å². The molecule has 1 aliphatic rings. The molecule has 3 aromatic carbocycles. The lowest BCUT2D eigenvalue weighted by Crippen LogP contribution is -2.37. The number of imide groups is 1. The highest BCUT2D eigenvalue weighted by molar-refractivity contribution is 7.99. The van der Waals surface area contributed by atoms with Crippen LogP contribution < -0.4 is 0 Å². The van der Waals surface area contributed by atoms with E-state index in [2.05, 4.69) is 4.28 Å². The molecule has 0 atom stereocenters. The zero-order valence-electron chi connectivity index (χ0n) is 14.7. The molecule has 1 heterocycles. The van der Waals surface area contributed by atoms with Crippen LogP contribution in [0.2, 0.25) is 0 Å². The number of alkyl halides is 3. The monoisotopic (exact) mass is 453 g/mol. The summed E-state index contributed by atoms with van der Waals surface area (Å²) >= 11 is 1.27. The number of carbonyl (C=O) groups excluding carboxylic acids is 2. The molecule has 0 saturated heterocycles. The molecule has 4 rings (SSSR count). The molecule has 3 aromatic rings. The van der Waals surface area contributed by atoms with Crippen LogP contribution in [0.1, 0.15) is 20.7 Å². The Labute approximate surface area is 172 Å². The molecule has 1 aliphatic heterocycles. The van der Waals surface area contributed by atoms with Crippen molar-refractivity contribution >= 4 is 44.5 Å². The van der Waals surface area contributed by atoms with Crippen molar-refractivity contribution in [2.75, 3.05) is 0 Å². The third kappa shape index (κ3) is 3.55. The van der Waals surface area contributed by atoms with Gasteiger partial charge in [-0.15, -0.1) is 9.35 Å². The number of fused-ring (bicyclic) bond motifs is 2. The van der Waals surface area contributed by atoms with Crippen LogP contribution in [0.25, 0.3) is 10.8 Å². The minimum absolute atomic E-state index is 0.247. The van der Waals surface area contributed by atoms with Crippen molar-refractivity contribution < 1.29 is 35.5 Å². The Bertz CT molecular complexity index is 1310. The Kier molecular flexibility index (Phi) is 4.83. The fourth-order valence-corrected chi connectivity index (χ4v) is 4.16. The number of halogens is 3. The maximum atomic E-state index is 12.5. The molecule has 154 valence electrons. The number of hydrogen-bond donors (Lipinski definition) is 0. The van der Waals surface area contributed by atoms with Gasteiger partial charge in [-0.2, -0.15) is 21.6 Å². The first-order chi connectivity index (χ1) is 14.1. The van der Waals surface area contributed by atoms with Crippen molar-refractivity contribution in [2.45, 2.75) is 15.3 Å². The predicted molar refractivity (Wildman–Crippen MR) is 101 cm³/mol. The summed E-state index contributed by atoms with van der Waals surface area (Å²) < 4.78 is 63.7. The SMILES string of the molecule is O=C1c2ccc(Sc3ccc4ccccc4c3)cc2C(=O)N1OS(=O)(=O)C(F)(F)F. The van der Waals surface area contributed by atoms with Crippen molar-refractivity contribution in [3.63, 3.8) is 0 Å². The van der Waals surface area contributed by atoms with Crippen LogP contribution in [0.5, 0.6) is 0 Å². The van der Waals surface area contributed by atoms with E-state index in [0.717, 1.165) is 15.7 Å². The maximum absolute atomic E-state index is 12.5. The topological polar surface area (TPSA) is 80.8 Å². The molecule has 0 N–H and O–H groups in total. The summed E-state index contributed by atoms with van der Waals surface area (Å²) in [6.07, 6.45) is 0. The lowest BCUT2D eigenvalue weighted by atomic mass is 10.1. The molecular weight excluding hydrogens is 443 g/mol. The summed E-state index contributed by atoms with van der Waals surface area (Å²) in [7, 11) is -6.17. The Morgan fingerprint density at radius 2 is 1.40 bits per heavy atom. The van der Waals surface area contributed by atoms with Gasteiger partial charge in [0.05, 0.1) is 11.1 Å². The molecule has 11 heteroatoms. The molecular formula is C19H10F3NO5S2. The van der Waals surface area contributed by atoms with Crippen molar-refractivity contribution in [3.05, 3.63) is 71.8 Å². The average molecular weight is 453 g/mol. The van der Waals surface area contributed by atoms with Gasteiger partial charge in [0.2, 0.25) is 0 Å². The molecule has 2 amide bonds. The smallest absolute Gasteiger partial charge is 0.266 e. The highest BCUT2D eigenvalue weighted by Crippen LogP contribution is 2.35. The van der Waals surface area contributed by atoms with Gasteiger partial charge >= 0.3 is 15.6 Å². The van der Waals surface area contributed by atoms with Crippen LogP contribution in [0.3, 0.4) is 0 Å². The van der Waals surface area contributed by atoms with Crippen molar-refractivity contribution in [1.82, 2.24) is 5.06 Å². The van der Waals surface area contributed by atoms with E-state index in [1.165, 1.54) is 30.0 Å². The number of carbonyl (C=O) groups is 2. The van der Waals surface area contributed by atoms with E-state index in [-0.39, 0.29) is 11.1 Å². The second-order valence-corrected chi connectivity index (χ2v) is 8.86. The molecule has 0 unspecified atom stereocenters. The molecule has 6 nitrogen and oxygen atoms in total. The number of nitrogens with zero attached hydrogens (tertiary/aromatic N) is 1. The number of hydrogen-bond acceptors (Lipinski definition) is 6. The van der Waals surface area contributed by atoms with Gasteiger partial charge in [-0.25, -0.2) is 0 Å². The summed E-state index contributed by atoms with van der Waals surface area (Å²) in [5, 5.41) is 1.64. The predicted octanol–water partition coefficient (Wildman–Crippen LogP) is 4.37. The van der Waals surface area contributed by atoms with E-state index in [4.69, 9.17) is 0 Å². The van der Waals surface area contributed by atoms with Gasteiger partial charge in [0.15, 0.2) is 0 Å². The number of amides is 2. The highest BCUT2D eigenvalue weighted by Gasteiger charge is 2.52. The lowest BCUT2D eigenvalue weighted by molar-refractivity contribution is -0.0748. The molecule has 0 spiro atoms. The normalized spacial score (nSPS) is 14.4. The van der Waals surface area contributed by atoms with Crippen LogP contribution in [-0.2, 0) is 14.4 Å². The lowest BCUT2D eigenvalue weighted by Gasteiger charge is -2.14. The van der Waals surface area contributed by atoms with Crippen molar-refractivity contribution in [2.24, 2.45) is 0 Å². The van der Waals surface area contributed by atoms with Crippen LogP contribution in [0.15, 0.2) is 70.5 Å².